The molecule has 2 atom stereocenters. The van der Waals surface area contributed by atoms with Gasteiger partial charge in [-0.25, -0.2) is 8.42 Å². The second-order valence-corrected chi connectivity index (χ2v) is 6.30. The highest BCUT2D eigenvalue weighted by molar-refractivity contribution is 7.91. The lowest BCUT2D eigenvalue weighted by Crippen LogP contribution is -2.58. The van der Waals surface area contributed by atoms with Crippen LogP contribution in [0.3, 0.4) is 0 Å². The number of carbonyl (C=O) groups excluding carboxylic acids is 1. The van der Waals surface area contributed by atoms with Gasteiger partial charge in [0.25, 0.3) is 0 Å². The van der Waals surface area contributed by atoms with Crippen molar-refractivity contribution in [1.29, 1.82) is 0 Å². The van der Waals surface area contributed by atoms with Crippen molar-refractivity contribution in [2.45, 2.75) is 25.4 Å². The minimum atomic E-state index is -2.96. The van der Waals surface area contributed by atoms with Crippen molar-refractivity contribution in [1.82, 2.24) is 10.2 Å². The van der Waals surface area contributed by atoms with Gasteiger partial charge in [-0.15, -0.1) is 0 Å². The van der Waals surface area contributed by atoms with Crippen molar-refractivity contribution in [2.75, 3.05) is 24.6 Å². The zero-order valence-corrected chi connectivity index (χ0v) is 9.59. The van der Waals surface area contributed by atoms with E-state index in [2.05, 4.69) is 5.32 Å². The molecule has 6 heteroatoms. The number of carbonyl (C=O) groups is 1. The van der Waals surface area contributed by atoms with Gasteiger partial charge in [-0.2, -0.15) is 0 Å². The molecular formula is C9H16N2O3S. The molecule has 2 saturated heterocycles. The monoisotopic (exact) mass is 232 g/mol. The van der Waals surface area contributed by atoms with Gasteiger partial charge in [-0.05, 0) is 0 Å². The minimum Gasteiger partial charge on any atom is -0.336 e. The molecule has 2 fully saturated rings. The van der Waals surface area contributed by atoms with Crippen LogP contribution in [0.5, 0.6) is 0 Å². The summed E-state index contributed by atoms with van der Waals surface area (Å²) in [5.41, 5.74) is 0. The molecule has 0 aromatic rings. The first-order valence-corrected chi connectivity index (χ1v) is 7.09. The first-order chi connectivity index (χ1) is 7.03. The summed E-state index contributed by atoms with van der Waals surface area (Å²) in [6.45, 7) is 3.13. The highest BCUT2D eigenvalue weighted by atomic mass is 32.2. The first-order valence-electron chi connectivity index (χ1n) is 5.27. The van der Waals surface area contributed by atoms with Crippen LogP contribution in [0.15, 0.2) is 0 Å². The molecule has 0 saturated carbocycles. The molecule has 0 aromatic carbocycles. The third-order valence-corrected chi connectivity index (χ3v) is 4.82. The topological polar surface area (TPSA) is 66.5 Å². The van der Waals surface area contributed by atoms with Gasteiger partial charge < -0.3 is 10.2 Å². The van der Waals surface area contributed by atoms with E-state index in [1.807, 2.05) is 6.92 Å². The van der Waals surface area contributed by atoms with Crippen molar-refractivity contribution in [3.8, 4) is 0 Å². The number of hydrogen-bond acceptors (Lipinski definition) is 4. The van der Waals surface area contributed by atoms with Gasteiger partial charge in [-0.3, -0.25) is 4.79 Å². The van der Waals surface area contributed by atoms with E-state index in [0.29, 0.717) is 19.5 Å². The number of rotatable bonds is 1. The Morgan fingerprint density at radius 1 is 1.47 bits per heavy atom. The van der Waals surface area contributed by atoms with Gasteiger partial charge >= 0.3 is 0 Å². The smallest absolute Gasteiger partial charge is 0.222 e. The molecule has 2 aliphatic heterocycles. The van der Waals surface area contributed by atoms with Crippen molar-refractivity contribution >= 4 is 15.7 Å². The van der Waals surface area contributed by atoms with Crippen LogP contribution in [0.4, 0.5) is 0 Å². The number of hydrogen-bond donors (Lipinski definition) is 1. The molecule has 0 aliphatic carbocycles. The van der Waals surface area contributed by atoms with E-state index in [1.165, 1.54) is 0 Å². The van der Waals surface area contributed by atoms with Gasteiger partial charge in [0.1, 0.15) is 0 Å². The number of amides is 1. The van der Waals surface area contributed by atoms with Crippen molar-refractivity contribution in [3.63, 3.8) is 0 Å². The lowest BCUT2D eigenvalue weighted by atomic mass is 10.1. The highest BCUT2D eigenvalue weighted by Gasteiger charge is 2.43. The molecule has 5 nitrogen and oxygen atoms in total. The largest absolute Gasteiger partial charge is 0.336 e. The number of piperazine rings is 1. The summed E-state index contributed by atoms with van der Waals surface area (Å²) in [6.07, 6.45) is 0.448. The fraction of sp³-hybridized carbons (Fsp3) is 0.889. The maximum absolute atomic E-state index is 11.6. The molecule has 0 aromatic heterocycles. The second kappa shape index (κ2) is 3.75. The Kier molecular flexibility index (Phi) is 2.72. The number of fused-ring (bicyclic) bond motifs is 1. The van der Waals surface area contributed by atoms with Gasteiger partial charge in [-0.1, -0.05) is 6.92 Å². The molecule has 0 radical (unpaired) electrons. The van der Waals surface area contributed by atoms with Crippen LogP contribution in [-0.4, -0.2) is 55.9 Å². The van der Waals surface area contributed by atoms with E-state index in [0.717, 1.165) is 0 Å². The van der Waals surface area contributed by atoms with E-state index in [9.17, 15) is 13.2 Å². The normalized spacial score (nSPS) is 33.8. The third-order valence-electron chi connectivity index (χ3n) is 3.11. The molecule has 0 spiro atoms. The predicted octanol–water partition coefficient (Wildman–Crippen LogP) is -1.01. The molecule has 1 N–H and O–H groups in total. The Morgan fingerprint density at radius 3 is 2.87 bits per heavy atom. The van der Waals surface area contributed by atoms with Crippen LogP contribution in [-0.2, 0) is 14.6 Å². The Labute approximate surface area is 89.7 Å². The van der Waals surface area contributed by atoms with Crippen LogP contribution in [0.1, 0.15) is 13.3 Å². The van der Waals surface area contributed by atoms with E-state index >= 15 is 0 Å². The minimum absolute atomic E-state index is 0.0563. The van der Waals surface area contributed by atoms with Gasteiger partial charge in [0.05, 0.1) is 17.5 Å². The Balaban J connectivity index is 2.19. The molecule has 2 heterocycles. The second-order valence-electron chi connectivity index (χ2n) is 4.15. The van der Waals surface area contributed by atoms with Gasteiger partial charge in [0.2, 0.25) is 5.91 Å². The summed E-state index contributed by atoms with van der Waals surface area (Å²) in [5.74, 6) is 0.352. The SMILES string of the molecule is CCC(=O)N1CCN[C@H]2CS(=O)(=O)C[C@H]21. The lowest BCUT2D eigenvalue weighted by molar-refractivity contribution is -0.134. The average Bonchev–Trinajstić information content (AvgIpc) is 2.49. The summed E-state index contributed by atoms with van der Waals surface area (Å²) < 4.78 is 23.0. The van der Waals surface area contributed by atoms with Crippen LogP contribution in [0.25, 0.3) is 0 Å². The van der Waals surface area contributed by atoms with Crippen LogP contribution in [0.2, 0.25) is 0 Å². The van der Waals surface area contributed by atoms with E-state index in [1.54, 1.807) is 4.90 Å². The molecule has 0 bridgehead atoms. The van der Waals surface area contributed by atoms with Crippen LogP contribution in [0, 0.1) is 0 Å². The zero-order chi connectivity index (χ0) is 11.1. The summed E-state index contributed by atoms with van der Waals surface area (Å²) in [5, 5.41) is 3.17. The van der Waals surface area contributed by atoms with Crippen LogP contribution >= 0.6 is 0 Å². The number of sulfone groups is 1. The molecule has 1 amide bonds. The standard InChI is InChI=1S/C9H16N2O3S/c1-2-9(12)11-4-3-10-7-5-15(13,14)6-8(7)11/h7-8,10H,2-6H2,1H3/t7-,8+/m0/s1. The number of nitrogens with one attached hydrogen (secondary N) is 1. The van der Waals surface area contributed by atoms with E-state index in [-0.39, 0.29) is 29.5 Å². The van der Waals surface area contributed by atoms with Crippen molar-refractivity contribution in [3.05, 3.63) is 0 Å². The molecular weight excluding hydrogens is 216 g/mol. The molecule has 15 heavy (non-hydrogen) atoms. The first kappa shape index (κ1) is 10.9. The molecule has 86 valence electrons. The van der Waals surface area contributed by atoms with Crippen molar-refractivity contribution < 1.29 is 13.2 Å². The van der Waals surface area contributed by atoms with E-state index in [4.69, 9.17) is 0 Å². The summed E-state index contributed by atoms with van der Waals surface area (Å²) in [7, 11) is -2.96. The molecule has 2 aliphatic rings. The van der Waals surface area contributed by atoms with Gasteiger partial charge in [0.15, 0.2) is 9.84 Å². The predicted molar refractivity (Wildman–Crippen MR) is 56.2 cm³/mol. The average molecular weight is 232 g/mol. The fourth-order valence-electron chi connectivity index (χ4n) is 2.38. The quantitative estimate of drug-likeness (QED) is 0.629. The van der Waals surface area contributed by atoms with E-state index < -0.39 is 9.84 Å². The maximum Gasteiger partial charge on any atom is 0.222 e. The Hall–Kier alpha value is -0.620. The summed E-state index contributed by atoms with van der Waals surface area (Å²) in [4.78, 5) is 13.4. The Bertz CT molecular complexity index is 366. The Morgan fingerprint density at radius 2 is 2.20 bits per heavy atom. The highest BCUT2D eigenvalue weighted by Crippen LogP contribution is 2.21. The van der Waals surface area contributed by atoms with Crippen molar-refractivity contribution in [2.24, 2.45) is 0 Å². The summed E-state index contributed by atoms with van der Waals surface area (Å²) >= 11 is 0. The fourth-order valence-corrected chi connectivity index (χ4v) is 4.34. The van der Waals surface area contributed by atoms with Gasteiger partial charge in [0, 0.05) is 25.6 Å². The van der Waals surface area contributed by atoms with Crippen LogP contribution < -0.4 is 5.32 Å². The maximum atomic E-state index is 11.6. The third kappa shape index (κ3) is 2.01. The summed E-state index contributed by atoms with van der Waals surface area (Å²) in [6, 6.07) is -0.199. The molecule has 2 rings (SSSR count). The zero-order valence-electron chi connectivity index (χ0n) is 8.77. The lowest BCUT2D eigenvalue weighted by Gasteiger charge is -2.37. The number of nitrogens with zero attached hydrogens (tertiary/aromatic N) is 1. The molecule has 0 unspecified atom stereocenters.